The normalized spacial score (nSPS) is 10.4. The smallest absolute Gasteiger partial charge is 0.225 e. The Hall–Kier alpha value is -1.81. The van der Waals surface area contributed by atoms with Gasteiger partial charge in [-0.3, -0.25) is 4.79 Å². The van der Waals surface area contributed by atoms with Crippen LogP contribution in [0.2, 0.25) is 0 Å². The minimum atomic E-state index is -0.340. The fourth-order valence-electron chi connectivity index (χ4n) is 2.08. The molecule has 2 aromatic carbocycles. The first-order chi connectivity index (χ1) is 10.7. The van der Waals surface area contributed by atoms with Gasteiger partial charge < -0.3 is 5.32 Å². The van der Waals surface area contributed by atoms with Crippen LogP contribution in [0.5, 0.6) is 0 Å². The molecule has 0 bridgehead atoms. The zero-order chi connectivity index (χ0) is 15.6. The van der Waals surface area contributed by atoms with Crippen molar-refractivity contribution in [3.8, 4) is 0 Å². The Labute approximate surface area is 135 Å². The average Bonchev–Trinajstić information content (AvgIpc) is 2.52. The van der Waals surface area contributed by atoms with Gasteiger partial charge in [0.15, 0.2) is 0 Å². The van der Waals surface area contributed by atoms with Crippen molar-refractivity contribution in [1.29, 1.82) is 0 Å². The number of benzene rings is 2. The van der Waals surface area contributed by atoms with E-state index in [4.69, 9.17) is 0 Å². The molecule has 0 atom stereocenters. The fraction of sp³-hybridized carbons (Fsp3) is 0.278. The van der Waals surface area contributed by atoms with Crippen LogP contribution in [0.4, 0.5) is 10.1 Å². The van der Waals surface area contributed by atoms with Crippen LogP contribution in [0.3, 0.4) is 0 Å². The Balaban J connectivity index is 1.56. The van der Waals surface area contributed by atoms with Crippen LogP contribution in [0.25, 0.3) is 0 Å². The molecule has 2 nitrogen and oxygen atoms in total. The molecule has 0 fully saturated rings. The van der Waals surface area contributed by atoms with Gasteiger partial charge in [-0.05, 0) is 42.4 Å². The molecule has 2 rings (SSSR count). The van der Waals surface area contributed by atoms with E-state index < -0.39 is 0 Å². The van der Waals surface area contributed by atoms with Crippen molar-refractivity contribution in [3.05, 3.63) is 66.0 Å². The number of carbonyl (C=O) groups excluding carboxylic acids is 1. The molecule has 116 valence electrons. The van der Waals surface area contributed by atoms with Crippen LogP contribution in [0.1, 0.15) is 18.4 Å². The van der Waals surface area contributed by atoms with Gasteiger partial charge in [0.2, 0.25) is 5.91 Å². The van der Waals surface area contributed by atoms with Gasteiger partial charge in [-0.25, -0.2) is 4.39 Å². The van der Waals surface area contributed by atoms with Crippen LogP contribution in [-0.4, -0.2) is 17.4 Å². The molecule has 0 aromatic heterocycles. The lowest BCUT2D eigenvalue weighted by Gasteiger charge is -2.05. The zero-order valence-corrected chi connectivity index (χ0v) is 13.2. The van der Waals surface area contributed by atoms with Crippen LogP contribution < -0.4 is 5.32 Å². The number of halogens is 1. The first-order valence-electron chi connectivity index (χ1n) is 7.41. The monoisotopic (exact) mass is 317 g/mol. The van der Waals surface area contributed by atoms with E-state index in [9.17, 15) is 9.18 Å². The predicted octanol–water partition coefficient (Wildman–Crippen LogP) is 4.52. The highest BCUT2D eigenvalue weighted by Crippen LogP contribution is 2.12. The second-order valence-electron chi connectivity index (χ2n) is 5.01. The van der Waals surface area contributed by atoms with E-state index in [0.29, 0.717) is 12.1 Å². The van der Waals surface area contributed by atoms with Crippen molar-refractivity contribution < 1.29 is 9.18 Å². The van der Waals surface area contributed by atoms with Crippen LogP contribution in [0.15, 0.2) is 54.6 Å². The number of anilines is 1. The van der Waals surface area contributed by atoms with Gasteiger partial charge in [0.1, 0.15) is 5.82 Å². The molecule has 0 aliphatic carbocycles. The Morgan fingerprint density at radius 2 is 1.86 bits per heavy atom. The van der Waals surface area contributed by atoms with E-state index in [1.807, 2.05) is 6.07 Å². The zero-order valence-electron chi connectivity index (χ0n) is 12.4. The number of hydrogen-bond donors (Lipinski definition) is 1. The predicted molar refractivity (Wildman–Crippen MR) is 91.7 cm³/mol. The summed E-state index contributed by atoms with van der Waals surface area (Å²) in [6.45, 7) is 0. The van der Waals surface area contributed by atoms with Gasteiger partial charge in [0.05, 0.1) is 0 Å². The van der Waals surface area contributed by atoms with Gasteiger partial charge in [0, 0.05) is 17.9 Å². The van der Waals surface area contributed by atoms with Crippen LogP contribution >= 0.6 is 11.8 Å². The van der Waals surface area contributed by atoms with Crippen molar-refractivity contribution >= 4 is 23.4 Å². The molecule has 0 saturated heterocycles. The van der Waals surface area contributed by atoms with Crippen LogP contribution in [-0.2, 0) is 11.2 Å². The van der Waals surface area contributed by atoms with Crippen molar-refractivity contribution in [1.82, 2.24) is 0 Å². The summed E-state index contributed by atoms with van der Waals surface area (Å²) >= 11 is 1.78. The third-order valence-corrected chi connectivity index (χ3v) is 4.25. The number of nitrogens with one attached hydrogen (secondary N) is 1. The topological polar surface area (TPSA) is 29.1 Å². The second-order valence-corrected chi connectivity index (χ2v) is 6.23. The molecule has 0 heterocycles. The molecule has 0 radical (unpaired) electrons. The number of thioether (sulfide) groups is 1. The minimum absolute atomic E-state index is 0.0684. The van der Waals surface area contributed by atoms with Gasteiger partial charge in [-0.2, -0.15) is 11.8 Å². The molecule has 4 heteroatoms. The Morgan fingerprint density at radius 3 is 2.64 bits per heavy atom. The van der Waals surface area contributed by atoms with E-state index in [-0.39, 0.29) is 11.7 Å². The largest absolute Gasteiger partial charge is 0.326 e. The van der Waals surface area contributed by atoms with E-state index in [0.717, 1.165) is 24.3 Å². The Bertz CT molecular complexity index is 589. The molecule has 1 N–H and O–H groups in total. The highest BCUT2D eigenvalue weighted by atomic mass is 32.2. The summed E-state index contributed by atoms with van der Waals surface area (Å²) in [7, 11) is 0. The van der Waals surface area contributed by atoms with E-state index in [2.05, 4.69) is 29.6 Å². The second kappa shape index (κ2) is 9.26. The van der Waals surface area contributed by atoms with Gasteiger partial charge in [-0.1, -0.05) is 36.4 Å². The summed E-state index contributed by atoms with van der Waals surface area (Å²) in [5.41, 5.74) is 1.87. The molecule has 22 heavy (non-hydrogen) atoms. The fourth-order valence-corrected chi connectivity index (χ4v) is 2.96. The Kier molecular flexibility index (Phi) is 6.97. The van der Waals surface area contributed by atoms with E-state index >= 15 is 0 Å². The van der Waals surface area contributed by atoms with Gasteiger partial charge in [-0.15, -0.1) is 0 Å². The third-order valence-electron chi connectivity index (χ3n) is 3.18. The van der Waals surface area contributed by atoms with E-state index in [1.54, 1.807) is 23.9 Å². The van der Waals surface area contributed by atoms with Gasteiger partial charge >= 0.3 is 0 Å². The van der Waals surface area contributed by atoms with Crippen molar-refractivity contribution in [2.75, 3.05) is 16.8 Å². The number of aryl methyl sites for hydroxylation is 1. The molecular weight excluding hydrogens is 297 g/mol. The molecule has 0 aliphatic rings. The minimum Gasteiger partial charge on any atom is -0.326 e. The van der Waals surface area contributed by atoms with Crippen LogP contribution in [0, 0.1) is 5.82 Å². The standard InChI is InChI=1S/C18H20FNOS/c19-16-9-4-10-17(14-16)20-18(21)11-13-22-12-5-8-15-6-2-1-3-7-15/h1-4,6-7,9-10,14H,5,8,11-13H2,(H,20,21). The summed E-state index contributed by atoms with van der Waals surface area (Å²) in [5.74, 6) is 1.42. The number of rotatable bonds is 8. The highest BCUT2D eigenvalue weighted by molar-refractivity contribution is 7.99. The Morgan fingerprint density at radius 1 is 1.05 bits per heavy atom. The molecule has 2 aromatic rings. The molecule has 1 amide bonds. The summed E-state index contributed by atoms with van der Waals surface area (Å²) < 4.78 is 13.0. The average molecular weight is 317 g/mol. The highest BCUT2D eigenvalue weighted by Gasteiger charge is 2.03. The summed E-state index contributed by atoms with van der Waals surface area (Å²) in [6, 6.07) is 16.4. The molecule has 0 aliphatic heterocycles. The van der Waals surface area contributed by atoms with Gasteiger partial charge in [0.25, 0.3) is 0 Å². The van der Waals surface area contributed by atoms with Crippen molar-refractivity contribution in [2.24, 2.45) is 0 Å². The van der Waals surface area contributed by atoms with Crippen molar-refractivity contribution in [3.63, 3.8) is 0 Å². The first kappa shape index (κ1) is 16.6. The molecule has 0 unspecified atom stereocenters. The summed E-state index contributed by atoms with van der Waals surface area (Å²) in [5, 5.41) is 2.71. The summed E-state index contributed by atoms with van der Waals surface area (Å²) in [6.07, 6.45) is 2.63. The summed E-state index contributed by atoms with van der Waals surface area (Å²) in [4.78, 5) is 11.7. The SMILES string of the molecule is O=C(CCSCCCc1ccccc1)Nc1cccc(F)c1. The van der Waals surface area contributed by atoms with Crippen molar-refractivity contribution in [2.45, 2.75) is 19.3 Å². The first-order valence-corrected chi connectivity index (χ1v) is 8.56. The maximum absolute atomic E-state index is 13.0. The maximum atomic E-state index is 13.0. The lowest BCUT2D eigenvalue weighted by molar-refractivity contribution is -0.115. The molecular formula is C18H20FNOS. The third kappa shape index (κ3) is 6.31. The molecule has 0 spiro atoms. The lowest BCUT2D eigenvalue weighted by Crippen LogP contribution is -2.12. The molecule has 0 saturated carbocycles. The quantitative estimate of drug-likeness (QED) is 0.725. The lowest BCUT2D eigenvalue weighted by atomic mass is 10.1. The number of hydrogen-bond acceptors (Lipinski definition) is 2. The number of amides is 1. The number of carbonyl (C=O) groups is 1. The maximum Gasteiger partial charge on any atom is 0.225 e. The van der Waals surface area contributed by atoms with E-state index in [1.165, 1.54) is 17.7 Å².